The third-order valence-corrected chi connectivity index (χ3v) is 4.24. The van der Waals surface area contributed by atoms with Crippen LogP contribution in [0.2, 0.25) is 0 Å². The summed E-state index contributed by atoms with van der Waals surface area (Å²) >= 11 is 0. The number of esters is 3. The molecule has 2 aromatic rings. The van der Waals surface area contributed by atoms with Crippen molar-refractivity contribution in [3.05, 3.63) is 85.0 Å². The number of aliphatic hydroxyl groups excluding tert-OH is 1. The molecule has 0 saturated carbocycles. The third kappa shape index (κ3) is 9.54. The molecule has 0 radical (unpaired) electrons. The number of aliphatic hydroxyl groups is 1. The maximum atomic E-state index is 12.0. The first-order valence-corrected chi connectivity index (χ1v) is 10.4. The van der Waals surface area contributed by atoms with E-state index in [9.17, 15) is 14.4 Å². The fourth-order valence-electron chi connectivity index (χ4n) is 2.43. The van der Waals surface area contributed by atoms with Crippen molar-refractivity contribution in [2.24, 2.45) is 0 Å². The topological polar surface area (TPSA) is 108 Å². The van der Waals surface area contributed by atoms with E-state index in [1.165, 1.54) is 6.08 Å². The second kappa shape index (κ2) is 14.1. The molecular weight excluding hydrogens is 440 g/mol. The number of carbonyl (C=O) groups excluding carboxylic acids is 3. The van der Waals surface area contributed by atoms with Gasteiger partial charge in [-0.1, -0.05) is 25.3 Å². The van der Waals surface area contributed by atoms with Crippen LogP contribution in [0.25, 0.3) is 6.08 Å². The first-order valence-electron chi connectivity index (χ1n) is 10.4. The molecule has 0 bridgehead atoms. The van der Waals surface area contributed by atoms with Crippen LogP contribution in [0, 0.1) is 0 Å². The Balaban J connectivity index is 1.74. The molecule has 8 heteroatoms. The normalized spacial score (nSPS) is 10.4. The highest BCUT2D eigenvalue weighted by Gasteiger charge is 2.08. The van der Waals surface area contributed by atoms with Gasteiger partial charge in [-0.05, 0) is 60.9 Å². The molecule has 0 spiro atoms. The molecule has 0 unspecified atom stereocenters. The van der Waals surface area contributed by atoms with Crippen LogP contribution in [-0.2, 0) is 19.1 Å². The van der Waals surface area contributed by atoms with Crippen LogP contribution < -0.4 is 14.2 Å². The number of carbonyl (C=O) groups is 3. The van der Waals surface area contributed by atoms with Crippen molar-refractivity contribution in [2.45, 2.75) is 12.8 Å². The molecule has 0 amide bonds. The van der Waals surface area contributed by atoms with E-state index in [0.29, 0.717) is 43.1 Å². The monoisotopic (exact) mass is 466 g/mol. The van der Waals surface area contributed by atoms with Gasteiger partial charge in [0.2, 0.25) is 0 Å². The Bertz CT molecular complexity index is 1020. The SMILES string of the molecule is C=CC(=O)OCCCCOc1ccc(OC(=O)/C=C/c2ccc(OC(=O)C(=C)CO)cc2)cc1. The van der Waals surface area contributed by atoms with Gasteiger partial charge in [-0.3, -0.25) is 0 Å². The van der Waals surface area contributed by atoms with Crippen molar-refractivity contribution in [1.29, 1.82) is 0 Å². The Morgan fingerprint density at radius 1 is 0.824 bits per heavy atom. The highest BCUT2D eigenvalue weighted by molar-refractivity contribution is 5.90. The number of unbranched alkanes of at least 4 members (excludes halogenated alkanes) is 1. The van der Waals surface area contributed by atoms with Gasteiger partial charge in [-0.2, -0.15) is 0 Å². The molecule has 2 aromatic carbocycles. The van der Waals surface area contributed by atoms with Crippen molar-refractivity contribution in [2.75, 3.05) is 19.8 Å². The molecule has 34 heavy (non-hydrogen) atoms. The van der Waals surface area contributed by atoms with Crippen molar-refractivity contribution < 1.29 is 38.4 Å². The Hall–Kier alpha value is -4.17. The molecule has 0 aliphatic heterocycles. The van der Waals surface area contributed by atoms with Gasteiger partial charge in [0.1, 0.15) is 17.2 Å². The second-order valence-corrected chi connectivity index (χ2v) is 6.87. The van der Waals surface area contributed by atoms with E-state index in [-0.39, 0.29) is 11.3 Å². The van der Waals surface area contributed by atoms with Crippen LogP contribution in [0.1, 0.15) is 18.4 Å². The molecule has 1 N–H and O–H groups in total. The highest BCUT2D eigenvalue weighted by Crippen LogP contribution is 2.19. The van der Waals surface area contributed by atoms with Gasteiger partial charge in [0, 0.05) is 12.2 Å². The van der Waals surface area contributed by atoms with Gasteiger partial charge in [0.25, 0.3) is 0 Å². The Kier molecular flexibility index (Phi) is 10.8. The zero-order chi connectivity index (χ0) is 24.8. The predicted octanol–water partition coefficient (Wildman–Crippen LogP) is 3.65. The van der Waals surface area contributed by atoms with Crippen LogP contribution >= 0.6 is 0 Å². The summed E-state index contributed by atoms with van der Waals surface area (Å²) in [5.74, 6) is -0.428. The van der Waals surface area contributed by atoms with Gasteiger partial charge in [0.05, 0.1) is 25.4 Å². The average Bonchev–Trinajstić information content (AvgIpc) is 2.85. The quantitative estimate of drug-likeness (QED) is 0.206. The highest BCUT2D eigenvalue weighted by atomic mass is 16.5. The van der Waals surface area contributed by atoms with Gasteiger partial charge in [0.15, 0.2) is 0 Å². The minimum atomic E-state index is -0.711. The molecule has 178 valence electrons. The molecule has 0 aliphatic carbocycles. The van der Waals surface area contributed by atoms with E-state index in [0.717, 1.165) is 6.08 Å². The molecule has 0 aromatic heterocycles. The number of ether oxygens (including phenoxy) is 4. The average molecular weight is 466 g/mol. The molecule has 0 atom stereocenters. The third-order valence-electron chi connectivity index (χ3n) is 4.24. The van der Waals surface area contributed by atoms with Crippen molar-refractivity contribution in [1.82, 2.24) is 0 Å². The van der Waals surface area contributed by atoms with Crippen molar-refractivity contribution in [3.63, 3.8) is 0 Å². The maximum Gasteiger partial charge on any atom is 0.341 e. The Morgan fingerprint density at radius 3 is 2.06 bits per heavy atom. The number of hydrogen-bond acceptors (Lipinski definition) is 8. The Morgan fingerprint density at radius 2 is 1.41 bits per heavy atom. The minimum Gasteiger partial charge on any atom is -0.494 e. The maximum absolute atomic E-state index is 12.0. The lowest BCUT2D eigenvalue weighted by Crippen LogP contribution is -2.12. The number of rotatable bonds is 13. The zero-order valence-electron chi connectivity index (χ0n) is 18.6. The van der Waals surface area contributed by atoms with E-state index in [2.05, 4.69) is 13.2 Å². The van der Waals surface area contributed by atoms with Crippen LogP contribution in [0.3, 0.4) is 0 Å². The summed E-state index contributed by atoms with van der Waals surface area (Å²) in [6.07, 6.45) is 5.35. The fourth-order valence-corrected chi connectivity index (χ4v) is 2.43. The summed E-state index contributed by atoms with van der Waals surface area (Å²) in [7, 11) is 0. The summed E-state index contributed by atoms with van der Waals surface area (Å²) in [6.45, 7) is 7.02. The largest absolute Gasteiger partial charge is 0.494 e. The fraction of sp³-hybridized carbons (Fsp3) is 0.192. The van der Waals surface area contributed by atoms with E-state index in [1.54, 1.807) is 54.6 Å². The molecule has 0 saturated heterocycles. The van der Waals surface area contributed by atoms with E-state index < -0.39 is 24.5 Å². The predicted molar refractivity (Wildman–Crippen MR) is 125 cm³/mol. The molecule has 2 rings (SSSR count). The summed E-state index contributed by atoms with van der Waals surface area (Å²) in [5.41, 5.74) is 0.649. The summed E-state index contributed by atoms with van der Waals surface area (Å²) in [6, 6.07) is 13.0. The lowest BCUT2D eigenvalue weighted by Gasteiger charge is -2.07. The van der Waals surface area contributed by atoms with Gasteiger partial charge in [-0.25, -0.2) is 14.4 Å². The molecule has 0 heterocycles. The minimum absolute atomic E-state index is 0.0462. The van der Waals surface area contributed by atoms with E-state index in [4.69, 9.17) is 24.1 Å². The lowest BCUT2D eigenvalue weighted by atomic mass is 10.2. The van der Waals surface area contributed by atoms with Crippen LogP contribution in [0.15, 0.2) is 79.4 Å². The summed E-state index contributed by atoms with van der Waals surface area (Å²) in [5, 5.41) is 8.88. The summed E-state index contributed by atoms with van der Waals surface area (Å²) < 4.78 is 20.8. The zero-order valence-corrected chi connectivity index (χ0v) is 18.6. The van der Waals surface area contributed by atoms with E-state index >= 15 is 0 Å². The standard InChI is InChI=1S/C26H26O8/c1-3-24(28)32-17-5-4-16-31-21-11-13-22(14-12-21)33-25(29)15-8-20-6-9-23(10-7-20)34-26(30)19(2)18-27/h3,6-15,27H,1-2,4-5,16-18H2/b15-8+. The van der Waals surface area contributed by atoms with Crippen molar-refractivity contribution >= 4 is 24.0 Å². The van der Waals surface area contributed by atoms with Crippen LogP contribution in [-0.4, -0.2) is 42.8 Å². The van der Waals surface area contributed by atoms with Gasteiger partial charge >= 0.3 is 17.9 Å². The van der Waals surface area contributed by atoms with Crippen LogP contribution in [0.5, 0.6) is 17.2 Å². The van der Waals surface area contributed by atoms with Crippen molar-refractivity contribution in [3.8, 4) is 17.2 Å². The molecule has 0 aliphatic rings. The smallest absolute Gasteiger partial charge is 0.341 e. The first-order chi connectivity index (χ1) is 16.4. The second-order valence-electron chi connectivity index (χ2n) is 6.87. The first kappa shape index (κ1) is 26.1. The number of hydrogen-bond donors (Lipinski definition) is 1. The Labute approximate surface area is 197 Å². The molecule has 0 fully saturated rings. The van der Waals surface area contributed by atoms with E-state index in [1.807, 2.05) is 0 Å². The number of benzene rings is 2. The van der Waals surface area contributed by atoms with Gasteiger partial charge in [-0.15, -0.1) is 0 Å². The molecular formula is C26H26O8. The van der Waals surface area contributed by atoms with Crippen LogP contribution in [0.4, 0.5) is 0 Å². The molecule has 8 nitrogen and oxygen atoms in total. The van der Waals surface area contributed by atoms with Gasteiger partial charge < -0.3 is 24.1 Å². The lowest BCUT2D eigenvalue weighted by molar-refractivity contribution is -0.138. The summed E-state index contributed by atoms with van der Waals surface area (Å²) in [4.78, 5) is 34.5.